The molecule has 1 aromatic carbocycles. The predicted octanol–water partition coefficient (Wildman–Crippen LogP) is 1.59. The van der Waals surface area contributed by atoms with Crippen LogP contribution in [0.5, 0.6) is 5.75 Å². The Balaban J connectivity index is 3.07. The fourth-order valence-corrected chi connectivity index (χ4v) is 1.52. The first-order valence-electron chi connectivity index (χ1n) is 5.59. The van der Waals surface area contributed by atoms with Crippen LogP contribution in [0.15, 0.2) is 18.2 Å². The van der Waals surface area contributed by atoms with Gasteiger partial charge in [0.25, 0.3) is 0 Å². The minimum Gasteiger partial charge on any atom is -0.467 e. The van der Waals surface area contributed by atoms with E-state index in [1.54, 1.807) is 25.1 Å². The normalized spacial score (nSPS) is 9.89. The maximum atomic E-state index is 11.7. The van der Waals surface area contributed by atoms with Gasteiger partial charge in [-0.05, 0) is 19.1 Å². The summed E-state index contributed by atoms with van der Waals surface area (Å²) in [6.07, 6.45) is 0.811. The first kappa shape index (κ1) is 14.2. The Hall–Kier alpha value is -1.88. The molecule has 5 heteroatoms. The van der Waals surface area contributed by atoms with E-state index in [4.69, 9.17) is 14.2 Å². The van der Waals surface area contributed by atoms with Crippen LogP contribution in [0.25, 0.3) is 0 Å². The summed E-state index contributed by atoms with van der Waals surface area (Å²) >= 11 is 0. The molecule has 5 nitrogen and oxygen atoms in total. The Kier molecular flexibility index (Phi) is 5.87. The number of ether oxygens (including phenoxy) is 3. The van der Waals surface area contributed by atoms with Crippen molar-refractivity contribution in [3.8, 4) is 5.75 Å². The summed E-state index contributed by atoms with van der Waals surface area (Å²) in [6.45, 7) is 2.06. The highest BCUT2D eigenvalue weighted by atomic mass is 16.7. The molecule has 0 radical (unpaired) electrons. The van der Waals surface area contributed by atoms with Crippen molar-refractivity contribution in [2.24, 2.45) is 0 Å². The van der Waals surface area contributed by atoms with Gasteiger partial charge in [0.1, 0.15) is 12.0 Å². The highest BCUT2D eigenvalue weighted by Gasteiger charge is 2.16. The zero-order valence-electron chi connectivity index (χ0n) is 10.5. The van der Waals surface area contributed by atoms with E-state index in [2.05, 4.69) is 0 Å². The average molecular weight is 252 g/mol. The molecule has 0 aliphatic rings. The molecular weight excluding hydrogens is 236 g/mol. The maximum Gasteiger partial charge on any atom is 0.338 e. The van der Waals surface area contributed by atoms with Gasteiger partial charge in [0.2, 0.25) is 0 Å². The molecular formula is C13H16O5. The number of benzene rings is 1. The molecule has 1 aromatic rings. The summed E-state index contributed by atoms with van der Waals surface area (Å²) in [5.41, 5.74) is 0.862. The standard InChI is InChI=1S/C13H16O5/c1-3-17-13(15)11-5-4-6-12(18-9-16-2)10(11)7-8-14/h4-6,8H,3,7,9H2,1-2H3. The summed E-state index contributed by atoms with van der Waals surface area (Å²) in [5, 5.41) is 0. The van der Waals surface area contributed by atoms with Crippen LogP contribution in [0.1, 0.15) is 22.8 Å². The second kappa shape index (κ2) is 7.45. The van der Waals surface area contributed by atoms with E-state index in [1.165, 1.54) is 7.11 Å². The van der Waals surface area contributed by atoms with E-state index in [1.807, 2.05) is 0 Å². The maximum absolute atomic E-state index is 11.7. The fraction of sp³-hybridized carbons (Fsp3) is 0.385. The van der Waals surface area contributed by atoms with Crippen LogP contribution in [0.4, 0.5) is 0 Å². The number of carbonyl (C=O) groups excluding carboxylic acids is 2. The second-order valence-electron chi connectivity index (χ2n) is 3.42. The molecule has 98 valence electrons. The van der Waals surface area contributed by atoms with Crippen molar-refractivity contribution in [2.75, 3.05) is 20.5 Å². The van der Waals surface area contributed by atoms with E-state index < -0.39 is 5.97 Å². The lowest BCUT2D eigenvalue weighted by molar-refractivity contribution is -0.107. The summed E-state index contributed by atoms with van der Waals surface area (Å²) in [5.74, 6) is -0.00767. The average Bonchev–Trinajstić information content (AvgIpc) is 2.38. The summed E-state index contributed by atoms with van der Waals surface area (Å²) in [7, 11) is 1.49. The SMILES string of the molecule is CCOC(=O)c1cccc(OCOC)c1CC=O. The van der Waals surface area contributed by atoms with Crippen LogP contribution in [0.3, 0.4) is 0 Å². The third kappa shape index (κ3) is 3.56. The molecule has 0 saturated carbocycles. The van der Waals surface area contributed by atoms with Gasteiger partial charge in [-0.1, -0.05) is 6.07 Å². The molecule has 0 heterocycles. The van der Waals surface area contributed by atoms with E-state index >= 15 is 0 Å². The summed E-state index contributed by atoms with van der Waals surface area (Å²) in [4.78, 5) is 22.4. The number of hydrogen-bond donors (Lipinski definition) is 0. The van der Waals surface area contributed by atoms with Crippen molar-refractivity contribution in [2.45, 2.75) is 13.3 Å². The summed E-state index contributed by atoms with van der Waals surface area (Å²) in [6, 6.07) is 4.96. The van der Waals surface area contributed by atoms with Crippen molar-refractivity contribution in [1.29, 1.82) is 0 Å². The first-order chi connectivity index (χ1) is 8.74. The lowest BCUT2D eigenvalue weighted by Crippen LogP contribution is -2.11. The zero-order chi connectivity index (χ0) is 13.4. The molecule has 0 aliphatic heterocycles. The quantitative estimate of drug-likeness (QED) is 0.419. The van der Waals surface area contributed by atoms with Gasteiger partial charge in [-0.2, -0.15) is 0 Å². The monoisotopic (exact) mass is 252 g/mol. The molecule has 18 heavy (non-hydrogen) atoms. The highest BCUT2D eigenvalue weighted by Crippen LogP contribution is 2.23. The Morgan fingerprint density at radius 3 is 2.78 bits per heavy atom. The lowest BCUT2D eigenvalue weighted by atomic mass is 10.0. The van der Waals surface area contributed by atoms with Crippen molar-refractivity contribution in [3.63, 3.8) is 0 Å². The smallest absolute Gasteiger partial charge is 0.338 e. The number of methoxy groups -OCH3 is 1. The van der Waals surface area contributed by atoms with Crippen molar-refractivity contribution >= 4 is 12.3 Å². The van der Waals surface area contributed by atoms with Gasteiger partial charge in [-0.15, -0.1) is 0 Å². The fourth-order valence-electron chi connectivity index (χ4n) is 1.52. The Labute approximate surface area is 106 Å². The van der Waals surface area contributed by atoms with Gasteiger partial charge in [0.05, 0.1) is 12.2 Å². The first-order valence-corrected chi connectivity index (χ1v) is 5.59. The molecule has 0 saturated heterocycles. The molecule has 0 unspecified atom stereocenters. The van der Waals surface area contributed by atoms with Gasteiger partial charge < -0.3 is 19.0 Å². The van der Waals surface area contributed by atoms with E-state index in [9.17, 15) is 9.59 Å². The number of hydrogen-bond acceptors (Lipinski definition) is 5. The molecule has 0 bridgehead atoms. The van der Waals surface area contributed by atoms with Gasteiger partial charge >= 0.3 is 5.97 Å². The minimum absolute atomic E-state index is 0.0537. The van der Waals surface area contributed by atoms with Gasteiger partial charge in [0.15, 0.2) is 6.79 Å². The summed E-state index contributed by atoms with van der Waals surface area (Å²) < 4.78 is 15.1. The Bertz CT molecular complexity index is 414. The lowest BCUT2D eigenvalue weighted by Gasteiger charge is -2.12. The molecule has 0 atom stereocenters. The van der Waals surface area contributed by atoms with E-state index in [-0.39, 0.29) is 19.8 Å². The van der Waals surface area contributed by atoms with Crippen LogP contribution in [-0.2, 0) is 20.7 Å². The van der Waals surface area contributed by atoms with Crippen LogP contribution in [-0.4, -0.2) is 32.8 Å². The van der Waals surface area contributed by atoms with Crippen molar-refractivity contribution < 1.29 is 23.8 Å². The number of aldehydes is 1. The van der Waals surface area contributed by atoms with Crippen LogP contribution in [0.2, 0.25) is 0 Å². The van der Waals surface area contributed by atoms with Crippen molar-refractivity contribution in [3.05, 3.63) is 29.3 Å². The minimum atomic E-state index is -0.461. The highest BCUT2D eigenvalue weighted by molar-refractivity contribution is 5.92. The van der Waals surface area contributed by atoms with E-state index in [0.717, 1.165) is 6.29 Å². The van der Waals surface area contributed by atoms with Gasteiger partial charge in [-0.3, -0.25) is 0 Å². The molecule has 0 spiro atoms. The van der Waals surface area contributed by atoms with Crippen LogP contribution >= 0.6 is 0 Å². The number of esters is 1. The van der Waals surface area contributed by atoms with Gasteiger partial charge in [-0.25, -0.2) is 4.79 Å². The molecule has 0 fully saturated rings. The molecule has 0 N–H and O–H groups in total. The molecule has 0 aliphatic carbocycles. The van der Waals surface area contributed by atoms with Crippen LogP contribution in [0, 0.1) is 0 Å². The zero-order valence-corrected chi connectivity index (χ0v) is 10.5. The molecule has 0 aromatic heterocycles. The van der Waals surface area contributed by atoms with Crippen LogP contribution < -0.4 is 4.74 Å². The topological polar surface area (TPSA) is 61.8 Å². The molecule has 0 amide bonds. The second-order valence-corrected chi connectivity index (χ2v) is 3.42. The molecule has 1 rings (SSSR count). The van der Waals surface area contributed by atoms with Gasteiger partial charge in [0, 0.05) is 19.1 Å². The predicted molar refractivity (Wildman–Crippen MR) is 64.7 cm³/mol. The van der Waals surface area contributed by atoms with E-state index in [0.29, 0.717) is 16.9 Å². The number of carbonyl (C=O) groups is 2. The van der Waals surface area contributed by atoms with Crippen molar-refractivity contribution in [1.82, 2.24) is 0 Å². The number of rotatable bonds is 7. The Morgan fingerprint density at radius 1 is 1.39 bits per heavy atom. The third-order valence-corrected chi connectivity index (χ3v) is 2.25. The third-order valence-electron chi connectivity index (χ3n) is 2.25. The Morgan fingerprint density at radius 2 is 2.17 bits per heavy atom. The largest absolute Gasteiger partial charge is 0.467 e.